The first kappa shape index (κ1) is 10.4. The third kappa shape index (κ3) is 5.20. The average molecular weight is 161 g/mol. The molecule has 0 aromatic carbocycles. The summed E-state index contributed by atoms with van der Waals surface area (Å²) in [6, 6.07) is 0. The normalized spacial score (nSPS) is 13.5. The van der Waals surface area contributed by atoms with Crippen LogP contribution in [-0.2, 0) is 0 Å². The van der Waals surface area contributed by atoms with Gasteiger partial charge in [0, 0.05) is 0 Å². The van der Waals surface area contributed by atoms with Crippen molar-refractivity contribution in [1.29, 1.82) is 0 Å². The number of nitrogens with one attached hydrogen (secondary N) is 1. The first-order valence-electron chi connectivity index (χ1n) is 4.25. The van der Waals surface area contributed by atoms with E-state index in [4.69, 9.17) is 0 Å². The molecule has 0 saturated heterocycles. The van der Waals surface area contributed by atoms with Gasteiger partial charge in [0.2, 0.25) is 0 Å². The lowest BCUT2D eigenvalue weighted by Crippen LogP contribution is -2.23. The number of rotatable bonds is 6. The Morgan fingerprint density at radius 1 is 1.40 bits per heavy atom. The summed E-state index contributed by atoms with van der Waals surface area (Å²) in [5, 5.41) is 3.37. The van der Waals surface area contributed by atoms with Gasteiger partial charge >= 0.3 is 0 Å². The summed E-state index contributed by atoms with van der Waals surface area (Å²) >= 11 is 0. The molecule has 0 fully saturated rings. The molecule has 0 aliphatic carbocycles. The SMILES string of the molecule is CCCC(CP)CNCC. The van der Waals surface area contributed by atoms with Crippen molar-refractivity contribution in [2.75, 3.05) is 19.3 Å². The molecule has 1 nitrogen and oxygen atoms in total. The second-order valence-electron chi connectivity index (χ2n) is 2.70. The third-order valence-corrected chi connectivity index (χ3v) is 2.38. The summed E-state index contributed by atoms with van der Waals surface area (Å²) in [5.41, 5.74) is 0. The maximum atomic E-state index is 3.37. The third-order valence-electron chi connectivity index (χ3n) is 1.71. The van der Waals surface area contributed by atoms with Crippen LogP contribution in [0.2, 0.25) is 0 Å². The Bertz CT molecular complexity index is 66.3. The van der Waals surface area contributed by atoms with E-state index in [0.29, 0.717) is 0 Å². The van der Waals surface area contributed by atoms with Crippen molar-refractivity contribution in [3.8, 4) is 0 Å². The molecule has 0 aromatic rings. The quantitative estimate of drug-likeness (QED) is 0.586. The molecule has 0 spiro atoms. The van der Waals surface area contributed by atoms with Gasteiger partial charge in [-0.1, -0.05) is 20.3 Å². The fraction of sp³-hybridized carbons (Fsp3) is 1.00. The molecule has 2 atom stereocenters. The topological polar surface area (TPSA) is 12.0 Å². The smallest absolute Gasteiger partial charge is 0.00174 e. The van der Waals surface area contributed by atoms with Gasteiger partial charge in [-0.05, 0) is 31.6 Å². The molecule has 0 bridgehead atoms. The fourth-order valence-electron chi connectivity index (χ4n) is 1.06. The summed E-state index contributed by atoms with van der Waals surface area (Å²) in [4.78, 5) is 0. The lowest BCUT2D eigenvalue weighted by atomic mass is 10.1. The standard InChI is InChI=1S/C8H20NP/c1-3-5-8(7-10)6-9-4-2/h8-9H,3-7,10H2,1-2H3. The van der Waals surface area contributed by atoms with E-state index in [9.17, 15) is 0 Å². The Morgan fingerprint density at radius 3 is 2.50 bits per heavy atom. The molecular weight excluding hydrogens is 141 g/mol. The molecular formula is C8H20NP. The van der Waals surface area contributed by atoms with Crippen LogP contribution in [0.3, 0.4) is 0 Å². The molecule has 0 aliphatic heterocycles. The Morgan fingerprint density at radius 2 is 2.10 bits per heavy atom. The molecule has 62 valence electrons. The fourth-order valence-corrected chi connectivity index (χ4v) is 1.46. The Kier molecular flexibility index (Phi) is 7.79. The van der Waals surface area contributed by atoms with Crippen LogP contribution in [0.5, 0.6) is 0 Å². The van der Waals surface area contributed by atoms with E-state index in [0.717, 1.165) is 12.5 Å². The van der Waals surface area contributed by atoms with Crippen molar-refractivity contribution < 1.29 is 0 Å². The van der Waals surface area contributed by atoms with Gasteiger partial charge in [0.1, 0.15) is 0 Å². The van der Waals surface area contributed by atoms with Gasteiger partial charge < -0.3 is 5.32 Å². The van der Waals surface area contributed by atoms with E-state index < -0.39 is 0 Å². The molecule has 0 radical (unpaired) electrons. The van der Waals surface area contributed by atoms with Crippen LogP contribution in [0.1, 0.15) is 26.7 Å². The van der Waals surface area contributed by atoms with E-state index in [-0.39, 0.29) is 0 Å². The summed E-state index contributed by atoms with van der Waals surface area (Å²) in [6.45, 7) is 6.70. The van der Waals surface area contributed by atoms with Gasteiger partial charge in [0.15, 0.2) is 0 Å². The Hall–Kier alpha value is 0.390. The van der Waals surface area contributed by atoms with Crippen molar-refractivity contribution in [2.24, 2.45) is 5.92 Å². The van der Waals surface area contributed by atoms with Gasteiger partial charge in [-0.25, -0.2) is 0 Å². The second kappa shape index (κ2) is 7.50. The van der Waals surface area contributed by atoms with E-state index in [2.05, 4.69) is 28.4 Å². The summed E-state index contributed by atoms with van der Waals surface area (Å²) < 4.78 is 0. The predicted molar refractivity (Wildman–Crippen MR) is 51.5 cm³/mol. The minimum atomic E-state index is 0.870. The Balaban J connectivity index is 3.21. The molecule has 0 heterocycles. The minimum Gasteiger partial charge on any atom is -0.317 e. The zero-order chi connectivity index (χ0) is 7.82. The van der Waals surface area contributed by atoms with Crippen molar-refractivity contribution in [2.45, 2.75) is 26.7 Å². The van der Waals surface area contributed by atoms with Gasteiger partial charge in [-0.2, -0.15) is 0 Å². The van der Waals surface area contributed by atoms with Crippen molar-refractivity contribution in [1.82, 2.24) is 5.32 Å². The van der Waals surface area contributed by atoms with Gasteiger partial charge in [-0.15, -0.1) is 9.24 Å². The van der Waals surface area contributed by atoms with E-state index in [1.54, 1.807) is 0 Å². The van der Waals surface area contributed by atoms with Crippen LogP contribution < -0.4 is 5.32 Å². The van der Waals surface area contributed by atoms with E-state index in [1.165, 1.54) is 25.5 Å². The van der Waals surface area contributed by atoms with Gasteiger partial charge in [0.05, 0.1) is 0 Å². The summed E-state index contributed by atoms with van der Waals surface area (Å²) in [5.74, 6) is 0.870. The lowest BCUT2D eigenvalue weighted by Gasteiger charge is -2.12. The maximum Gasteiger partial charge on any atom is -0.00174 e. The largest absolute Gasteiger partial charge is 0.317 e. The summed E-state index contributed by atoms with van der Waals surface area (Å²) in [6.07, 6.45) is 3.90. The zero-order valence-electron chi connectivity index (χ0n) is 7.19. The molecule has 0 rings (SSSR count). The van der Waals surface area contributed by atoms with Crippen LogP contribution in [0.4, 0.5) is 0 Å². The lowest BCUT2D eigenvalue weighted by molar-refractivity contribution is 0.491. The van der Waals surface area contributed by atoms with E-state index in [1.807, 2.05) is 0 Å². The van der Waals surface area contributed by atoms with Crippen LogP contribution in [0, 0.1) is 5.92 Å². The first-order valence-corrected chi connectivity index (χ1v) is 5.07. The monoisotopic (exact) mass is 161 g/mol. The first-order chi connectivity index (χ1) is 4.85. The summed E-state index contributed by atoms with van der Waals surface area (Å²) in [7, 11) is 2.82. The average Bonchev–Trinajstić information content (AvgIpc) is 1.98. The maximum absolute atomic E-state index is 3.37. The molecule has 0 aromatic heterocycles. The van der Waals surface area contributed by atoms with Crippen LogP contribution in [-0.4, -0.2) is 19.3 Å². The van der Waals surface area contributed by atoms with Crippen LogP contribution in [0.15, 0.2) is 0 Å². The van der Waals surface area contributed by atoms with Crippen molar-refractivity contribution in [3.05, 3.63) is 0 Å². The van der Waals surface area contributed by atoms with Crippen molar-refractivity contribution >= 4 is 9.24 Å². The number of hydrogen-bond donors (Lipinski definition) is 1. The highest BCUT2D eigenvalue weighted by atomic mass is 31.0. The van der Waals surface area contributed by atoms with Crippen molar-refractivity contribution in [3.63, 3.8) is 0 Å². The highest BCUT2D eigenvalue weighted by Gasteiger charge is 2.02. The minimum absolute atomic E-state index is 0.870. The second-order valence-corrected chi connectivity index (χ2v) is 3.17. The zero-order valence-corrected chi connectivity index (χ0v) is 8.34. The molecule has 0 amide bonds. The highest BCUT2D eigenvalue weighted by Crippen LogP contribution is 2.07. The number of hydrogen-bond acceptors (Lipinski definition) is 1. The molecule has 0 saturated carbocycles. The van der Waals surface area contributed by atoms with Crippen LogP contribution in [0.25, 0.3) is 0 Å². The van der Waals surface area contributed by atoms with Gasteiger partial charge in [-0.3, -0.25) is 0 Å². The molecule has 0 aliphatic rings. The predicted octanol–water partition coefficient (Wildman–Crippen LogP) is 1.89. The van der Waals surface area contributed by atoms with Crippen LogP contribution >= 0.6 is 9.24 Å². The molecule has 1 N–H and O–H groups in total. The van der Waals surface area contributed by atoms with Gasteiger partial charge in [0.25, 0.3) is 0 Å². The molecule has 10 heavy (non-hydrogen) atoms. The van der Waals surface area contributed by atoms with E-state index >= 15 is 0 Å². The molecule has 2 heteroatoms. The Labute approximate surface area is 67.2 Å². The highest BCUT2D eigenvalue weighted by molar-refractivity contribution is 7.16. The molecule has 2 unspecified atom stereocenters.